The highest BCUT2D eigenvalue weighted by molar-refractivity contribution is 6.04. The Hall–Kier alpha value is -1.63. The first-order valence-corrected chi connectivity index (χ1v) is 5.88. The fourth-order valence-corrected chi connectivity index (χ4v) is 2.71. The Bertz CT molecular complexity index is 581. The topological polar surface area (TPSA) is 17.1 Å². The zero-order valence-electron chi connectivity index (χ0n) is 9.42. The van der Waals surface area contributed by atoms with Gasteiger partial charge in [-0.15, -0.1) is 0 Å². The van der Waals surface area contributed by atoms with E-state index in [0.29, 0.717) is 6.42 Å². The first-order chi connectivity index (χ1) is 7.81. The molecule has 0 N–H and O–H groups in total. The molecule has 1 aliphatic rings. The van der Waals surface area contributed by atoms with E-state index in [1.807, 2.05) is 13.0 Å². The monoisotopic (exact) mass is 210 g/mol. The minimum Gasteiger partial charge on any atom is -0.294 e. The minimum absolute atomic E-state index is 0.272. The number of carbonyl (C=O) groups excluding carboxylic acids is 1. The smallest absolute Gasteiger partial charge is 0.162 e. The van der Waals surface area contributed by atoms with E-state index in [1.165, 1.54) is 21.9 Å². The summed E-state index contributed by atoms with van der Waals surface area (Å²) in [5.41, 5.74) is 3.62. The third-order valence-electron chi connectivity index (χ3n) is 3.51. The van der Waals surface area contributed by atoms with Gasteiger partial charge in [-0.3, -0.25) is 4.79 Å². The Balaban J connectivity index is 2.35. The average Bonchev–Trinajstić information content (AvgIpc) is 2.75. The maximum absolute atomic E-state index is 11.9. The molecule has 0 saturated heterocycles. The van der Waals surface area contributed by atoms with E-state index in [2.05, 4.69) is 24.3 Å². The Morgan fingerprint density at radius 3 is 2.88 bits per heavy atom. The van der Waals surface area contributed by atoms with Crippen LogP contribution in [0.1, 0.15) is 34.8 Å². The van der Waals surface area contributed by atoms with Crippen LogP contribution in [0, 0.1) is 0 Å². The van der Waals surface area contributed by atoms with Crippen LogP contribution in [0.3, 0.4) is 0 Å². The molecular formula is C15H14O. The standard InChI is InChI=1S/C15H14O/c1-2-14(16)12-8-6-10-4-3-5-11-7-9-13(12)15(10)11/h3-6,8H,2,7,9H2,1H3. The van der Waals surface area contributed by atoms with Crippen LogP contribution in [0.25, 0.3) is 10.8 Å². The summed E-state index contributed by atoms with van der Waals surface area (Å²) in [5, 5.41) is 2.61. The SMILES string of the molecule is CCC(=O)c1ccc2cccc3c2c1CC3. The van der Waals surface area contributed by atoms with Crippen LogP contribution in [0.15, 0.2) is 30.3 Å². The maximum Gasteiger partial charge on any atom is 0.162 e. The number of rotatable bonds is 2. The van der Waals surface area contributed by atoms with Crippen molar-refractivity contribution in [1.82, 2.24) is 0 Å². The van der Waals surface area contributed by atoms with Gasteiger partial charge in [-0.1, -0.05) is 37.3 Å². The molecule has 2 aromatic carbocycles. The van der Waals surface area contributed by atoms with Gasteiger partial charge in [-0.25, -0.2) is 0 Å². The van der Waals surface area contributed by atoms with Crippen LogP contribution in [0.5, 0.6) is 0 Å². The lowest BCUT2D eigenvalue weighted by atomic mass is 9.97. The van der Waals surface area contributed by atoms with Crippen molar-refractivity contribution < 1.29 is 4.79 Å². The second-order valence-electron chi connectivity index (χ2n) is 4.38. The molecule has 80 valence electrons. The van der Waals surface area contributed by atoms with Crippen LogP contribution >= 0.6 is 0 Å². The lowest BCUT2D eigenvalue weighted by Crippen LogP contribution is -2.01. The largest absolute Gasteiger partial charge is 0.294 e. The number of benzene rings is 2. The third kappa shape index (κ3) is 1.21. The summed E-state index contributed by atoms with van der Waals surface area (Å²) in [6.45, 7) is 1.93. The fourth-order valence-electron chi connectivity index (χ4n) is 2.71. The van der Waals surface area contributed by atoms with Gasteiger partial charge < -0.3 is 0 Å². The zero-order valence-corrected chi connectivity index (χ0v) is 9.42. The molecule has 0 fully saturated rings. The van der Waals surface area contributed by atoms with Gasteiger partial charge in [0.15, 0.2) is 5.78 Å². The average molecular weight is 210 g/mol. The van der Waals surface area contributed by atoms with Gasteiger partial charge in [0, 0.05) is 12.0 Å². The zero-order chi connectivity index (χ0) is 11.1. The van der Waals surface area contributed by atoms with Gasteiger partial charge in [0.05, 0.1) is 0 Å². The van der Waals surface area contributed by atoms with Crippen LogP contribution < -0.4 is 0 Å². The molecule has 1 nitrogen and oxygen atoms in total. The molecule has 0 spiro atoms. The molecule has 0 amide bonds. The number of carbonyl (C=O) groups is 1. The molecule has 2 aromatic rings. The molecular weight excluding hydrogens is 196 g/mol. The Morgan fingerprint density at radius 1 is 1.19 bits per heavy atom. The molecule has 16 heavy (non-hydrogen) atoms. The number of ketones is 1. The highest BCUT2D eigenvalue weighted by Crippen LogP contribution is 2.33. The van der Waals surface area contributed by atoms with Crippen molar-refractivity contribution >= 4 is 16.6 Å². The number of hydrogen-bond acceptors (Lipinski definition) is 1. The molecule has 0 bridgehead atoms. The predicted molar refractivity (Wildman–Crippen MR) is 66.0 cm³/mol. The number of aryl methyl sites for hydroxylation is 2. The van der Waals surface area contributed by atoms with E-state index in [1.54, 1.807) is 0 Å². The van der Waals surface area contributed by atoms with Crippen molar-refractivity contribution in [2.75, 3.05) is 0 Å². The summed E-state index contributed by atoms with van der Waals surface area (Å²) in [6.07, 6.45) is 2.71. The third-order valence-corrected chi connectivity index (χ3v) is 3.51. The molecule has 0 radical (unpaired) electrons. The van der Waals surface area contributed by atoms with Crippen molar-refractivity contribution in [3.8, 4) is 0 Å². The lowest BCUT2D eigenvalue weighted by Gasteiger charge is -2.06. The summed E-state index contributed by atoms with van der Waals surface area (Å²) in [6, 6.07) is 10.5. The van der Waals surface area contributed by atoms with Crippen molar-refractivity contribution in [3.63, 3.8) is 0 Å². The van der Waals surface area contributed by atoms with E-state index in [4.69, 9.17) is 0 Å². The summed E-state index contributed by atoms with van der Waals surface area (Å²) in [4.78, 5) is 11.9. The summed E-state index contributed by atoms with van der Waals surface area (Å²) < 4.78 is 0. The normalized spacial score (nSPS) is 13.3. The second-order valence-corrected chi connectivity index (χ2v) is 4.38. The Morgan fingerprint density at radius 2 is 2.06 bits per heavy atom. The summed E-state index contributed by atoms with van der Waals surface area (Å²) in [7, 11) is 0. The fraction of sp³-hybridized carbons (Fsp3) is 0.267. The van der Waals surface area contributed by atoms with E-state index < -0.39 is 0 Å². The van der Waals surface area contributed by atoms with Crippen molar-refractivity contribution in [2.24, 2.45) is 0 Å². The molecule has 0 atom stereocenters. The molecule has 3 rings (SSSR count). The first kappa shape index (κ1) is 9.59. The molecule has 0 aromatic heterocycles. The molecule has 0 saturated carbocycles. The predicted octanol–water partition coefficient (Wildman–Crippen LogP) is 3.53. The van der Waals surface area contributed by atoms with Gasteiger partial charge in [0.2, 0.25) is 0 Å². The quantitative estimate of drug-likeness (QED) is 0.693. The molecule has 0 aliphatic heterocycles. The molecule has 0 heterocycles. The Labute approximate surface area is 95.1 Å². The molecule has 0 unspecified atom stereocenters. The van der Waals surface area contributed by atoms with Crippen LogP contribution in [0.2, 0.25) is 0 Å². The Kier molecular flexibility index (Phi) is 2.06. The van der Waals surface area contributed by atoms with Crippen LogP contribution in [-0.2, 0) is 12.8 Å². The second kappa shape index (κ2) is 3.44. The van der Waals surface area contributed by atoms with Crippen LogP contribution in [0.4, 0.5) is 0 Å². The van der Waals surface area contributed by atoms with Crippen LogP contribution in [-0.4, -0.2) is 5.78 Å². The van der Waals surface area contributed by atoms with Crippen molar-refractivity contribution in [1.29, 1.82) is 0 Å². The van der Waals surface area contributed by atoms with Gasteiger partial charge in [0.1, 0.15) is 0 Å². The molecule has 1 aliphatic carbocycles. The van der Waals surface area contributed by atoms with Crippen molar-refractivity contribution in [3.05, 3.63) is 47.0 Å². The van der Waals surface area contributed by atoms with Gasteiger partial charge in [-0.05, 0) is 34.7 Å². The maximum atomic E-state index is 11.9. The van der Waals surface area contributed by atoms with E-state index >= 15 is 0 Å². The van der Waals surface area contributed by atoms with E-state index in [-0.39, 0.29) is 5.78 Å². The number of Topliss-reactive ketones (excluding diaryl/α,β-unsaturated/α-hetero) is 1. The van der Waals surface area contributed by atoms with E-state index in [0.717, 1.165) is 18.4 Å². The lowest BCUT2D eigenvalue weighted by molar-refractivity contribution is 0.0987. The van der Waals surface area contributed by atoms with Crippen molar-refractivity contribution in [2.45, 2.75) is 26.2 Å². The highest BCUT2D eigenvalue weighted by Gasteiger charge is 2.19. The van der Waals surface area contributed by atoms with Gasteiger partial charge >= 0.3 is 0 Å². The summed E-state index contributed by atoms with van der Waals surface area (Å²) >= 11 is 0. The summed E-state index contributed by atoms with van der Waals surface area (Å²) in [5.74, 6) is 0.272. The molecule has 1 heteroatoms. The van der Waals surface area contributed by atoms with Gasteiger partial charge in [-0.2, -0.15) is 0 Å². The van der Waals surface area contributed by atoms with E-state index in [9.17, 15) is 4.79 Å². The van der Waals surface area contributed by atoms with Gasteiger partial charge in [0.25, 0.3) is 0 Å². The minimum atomic E-state index is 0.272. The highest BCUT2D eigenvalue weighted by atomic mass is 16.1. The number of hydrogen-bond donors (Lipinski definition) is 0. The first-order valence-electron chi connectivity index (χ1n) is 5.88.